The Balaban J connectivity index is 1.63. The fourth-order valence-corrected chi connectivity index (χ4v) is 4.81. The lowest BCUT2D eigenvalue weighted by atomic mass is 9.49. The molecule has 0 saturated heterocycles. The van der Waals surface area contributed by atoms with Crippen LogP contribution in [-0.2, 0) is 9.53 Å². The van der Waals surface area contributed by atoms with Crippen LogP contribution >= 0.6 is 0 Å². The standard InChI is InChI=1S/C15H21F3O2/c1-9(15(16,17)18)8-20-13(19)14-5-10-2-11(6-14)4-12(3-10)7-14/h9-12H,2-8H2,1H3. The SMILES string of the molecule is CC(COC(=O)C12CC3CC(CC(C3)C1)C2)C(F)(F)F. The molecule has 4 saturated carbocycles. The summed E-state index contributed by atoms with van der Waals surface area (Å²) < 4.78 is 42.5. The number of hydrogen-bond acceptors (Lipinski definition) is 2. The molecule has 4 aliphatic carbocycles. The van der Waals surface area contributed by atoms with Crippen molar-refractivity contribution in [3.63, 3.8) is 0 Å². The van der Waals surface area contributed by atoms with Crippen LogP contribution in [0.1, 0.15) is 45.4 Å². The third-order valence-electron chi connectivity index (χ3n) is 5.49. The Labute approximate surface area is 117 Å². The molecule has 4 fully saturated rings. The molecular formula is C15H21F3O2. The molecule has 4 bridgehead atoms. The van der Waals surface area contributed by atoms with E-state index in [1.807, 2.05) is 0 Å². The van der Waals surface area contributed by atoms with Gasteiger partial charge in [0.25, 0.3) is 0 Å². The highest BCUT2D eigenvalue weighted by atomic mass is 19.4. The third kappa shape index (κ3) is 2.44. The van der Waals surface area contributed by atoms with Gasteiger partial charge in [0.05, 0.1) is 11.3 Å². The van der Waals surface area contributed by atoms with E-state index in [-0.39, 0.29) is 5.97 Å². The number of alkyl halides is 3. The second-order valence-electron chi connectivity index (χ2n) is 7.24. The lowest BCUT2D eigenvalue weighted by Gasteiger charge is -2.55. The van der Waals surface area contributed by atoms with Crippen LogP contribution in [-0.4, -0.2) is 18.8 Å². The second kappa shape index (κ2) is 4.63. The minimum atomic E-state index is -4.29. The molecular weight excluding hydrogens is 269 g/mol. The molecule has 0 aromatic carbocycles. The van der Waals surface area contributed by atoms with Gasteiger partial charge >= 0.3 is 12.1 Å². The number of esters is 1. The average Bonchev–Trinajstić information content (AvgIpc) is 2.32. The summed E-state index contributed by atoms with van der Waals surface area (Å²) in [7, 11) is 0. The van der Waals surface area contributed by atoms with E-state index in [4.69, 9.17) is 4.74 Å². The Hall–Kier alpha value is -0.740. The highest BCUT2D eigenvalue weighted by molar-refractivity contribution is 5.77. The van der Waals surface area contributed by atoms with Gasteiger partial charge in [-0.2, -0.15) is 13.2 Å². The van der Waals surface area contributed by atoms with Gasteiger partial charge in [0.2, 0.25) is 0 Å². The summed E-state index contributed by atoms with van der Waals surface area (Å²) in [5.74, 6) is -0.176. The molecule has 1 atom stereocenters. The normalized spacial score (nSPS) is 40.7. The molecule has 20 heavy (non-hydrogen) atoms. The summed E-state index contributed by atoms with van der Waals surface area (Å²) in [4.78, 5) is 12.3. The van der Waals surface area contributed by atoms with Crippen molar-refractivity contribution in [1.29, 1.82) is 0 Å². The predicted octanol–water partition coefficient (Wildman–Crippen LogP) is 3.94. The molecule has 5 heteroatoms. The van der Waals surface area contributed by atoms with Crippen molar-refractivity contribution in [3.8, 4) is 0 Å². The molecule has 0 amide bonds. The van der Waals surface area contributed by atoms with Gasteiger partial charge in [0, 0.05) is 0 Å². The predicted molar refractivity (Wildman–Crippen MR) is 66.8 cm³/mol. The zero-order chi connectivity index (χ0) is 14.5. The Morgan fingerprint density at radius 3 is 2.00 bits per heavy atom. The highest BCUT2D eigenvalue weighted by Gasteiger charge is 2.55. The lowest BCUT2D eigenvalue weighted by Crippen LogP contribution is -2.50. The lowest BCUT2D eigenvalue weighted by molar-refractivity contribution is -0.196. The van der Waals surface area contributed by atoms with Crippen molar-refractivity contribution >= 4 is 5.97 Å². The zero-order valence-electron chi connectivity index (χ0n) is 11.7. The molecule has 0 aromatic rings. The van der Waals surface area contributed by atoms with E-state index in [9.17, 15) is 18.0 Å². The first-order chi connectivity index (χ1) is 9.28. The van der Waals surface area contributed by atoms with E-state index in [2.05, 4.69) is 0 Å². The molecule has 4 rings (SSSR count). The van der Waals surface area contributed by atoms with Crippen LogP contribution in [0, 0.1) is 29.1 Å². The number of carbonyl (C=O) groups excluding carboxylic acids is 1. The van der Waals surface area contributed by atoms with Crippen molar-refractivity contribution in [2.24, 2.45) is 29.1 Å². The van der Waals surface area contributed by atoms with Crippen molar-refractivity contribution in [3.05, 3.63) is 0 Å². The fraction of sp³-hybridized carbons (Fsp3) is 0.933. The number of carbonyl (C=O) groups is 1. The number of hydrogen-bond donors (Lipinski definition) is 0. The van der Waals surface area contributed by atoms with Crippen LogP contribution in [0.15, 0.2) is 0 Å². The molecule has 0 N–H and O–H groups in total. The maximum absolute atomic E-state index is 12.5. The second-order valence-corrected chi connectivity index (χ2v) is 7.24. The van der Waals surface area contributed by atoms with Crippen molar-refractivity contribution in [2.45, 2.75) is 51.6 Å². The monoisotopic (exact) mass is 290 g/mol. The molecule has 114 valence electrons. The Kier molecular flexibility index (Phi) is 3.29. The van der Waals surface area contributed by atoms with E-state index < -0.39 is 24.1 Å². The molecule has 4 aliphatic rings. The third-order valence-corrected chi connectivity index (χ3v) is 5.49. The summed E-state index contributed by atoms with van der Waals surface area (Å²) in [6.45, 7) is 0.525. The minimum absolute atomic E-state index is 0.368. The van der Waals surface area contributed by atoms with Crippen molar-refractivity contribution in [2.75, 3.05) is 6.61 Å². The van der Waals surface area contributed by atoms with Gasteiger partial charge < -0.3 is 4.74 Å². The quantitative estimate of drug-likeness (QED) is 0.736. The van der Waals surface area contributed by atoms with E-state index in [1.54, 1.807) is 0 Å². The van der Waals surface area contributed by atoms with Crippen LogP contribution < -0.4 is 0 Å². The highest BCUT2D eigenvalue weighted by Crippen LogP contribution is 2.60. The van der Waals surface area contributed by atoms with Crippen molar-refractivity contribution in [1.82, 2.24) is 0 Å². The molecule has 0 radical (unpaired) electrons. The van der Waals surface area contributed by atoms with E-state index in [0.717, 1.165) is 26.2 Å². The van der Waals surface area contributed by atoms with Crippen LogP contribution in [0.4, 0.5) is 13.2 Å². The van der Waals surface area contributed by atoms with Crippen LogP contribution in [0.3, 0.4) is 0 Å². The molecule has 0 heterocycles. The zero-order valence-corrected chi connectivity index (χ0v) is 11.7. The summed E-state index contributed by atoms with van der Waals surface area (Å²) in [5.41, 5.74) is -0.458. The summed E-state index contributed by atoms with van der Waals surface area (Å²) in [5, 5.41) is 0. The Morgan fingerprint density at radius 2 is 1.60 bits per heavy atom. The van der Waals surface area contributed by atoms with Gasteiger partial charge in [0.15, 0.2) is 0 Å². The largest absolute Gasteiger partial charge is 0.465 e. The topological polar surface area (TPSA) is 26.3 Å². The van der Waals surface area contributed by atoms with Crippen LogP contribution in [0.5, 0.6) is 0 Å². The number of halogens is 3. The summed E-state index contributed by atoms with van der Waals surface area (Å²) in [6, 6.07) is 0. The van der Waals surface area contributed by atoms with E-state index in [1.165, 1.54) is 19.3 Å². The molecule has 2 nitrogen and oxygen atoms in total. The first kappa shape index (κ1) is 14.2. The molecule has 0 spiro atoms. The smallest absolute Gasteiger partial charge is 0.394 e. The minimum Gasteiger partial charge on any atom is -0.465 e. The number of ether oxygens (including phenoxy) is 1. The summed E-state index contributed by atoms with van der Waals surface area (Å²) >= 11 is 0. The van der Waals surface area contributed by atoms with Gasteiger partial charge in [-0.05, 0) is 56.3 Å². The van der Waals surface area contributed by atoms with Gasteiger partial charge in [-0.25, -0.2) is 0 Å². The Bertz CT molecular complexity index is 367. The molecule has 1 unspecified atom stereocenters. The van der Waals surface area contributed by atoms with Crippen LogP contribution in [0.25, 0.3) is 0 Å². The fourth-order valence-electron chi connectivity index (χ4n) is 4.81. The van der Waals surface area contributed by atoms with E-state index >= 15 is 0 Å². The van der Waals surface area contributed by atoms with Gasteiger partial charge in [-0.15, -0.1) is 0 Å². The maximum atomic E-state index is 12.5. The van der Waals surface area contributed by atoms with Gasteiger partial charge in [-0.3, -0.25) is 4.79 Å². The molecule has 0 aliphatic heterocycles. The van der Waals surface area contributed by atoms with Crippen molar-refractivity contribution < 1.29 is 22.7 Å². The van der Waals surface area contributed by atoms with Crippen LogP contribution in [0.2, 0.25) is 0 Å². The first-order valence-corrected chi connectivity index (χ1v) is 7.52. The maximum Gasteiger partial charge on any atom is 0.394 e. The first-order valence-electron chi connectivity index (χ1n) is 7.52. The number of rotatable bonds is 3. The van der Waals surface area contributed by atoms with Gasteiger partial charge in [0.1, 0.15) is 6.61 Å². The van der Waals surface area contributed by atoms with E-state index in [0.29, 0.717) is 17.8 Å². The Morgan fingerprint density at radius 1 is 1.15 bits per heavy atom. The van der Waals surface area contributed by atoms with Gasteiger partial charge in [-0.1, -0.05) is 6.92 Å². The molecule has 0 aromatic heterocycles. The average molecular weight is 290 g/mol. The summed E-state index contributed by atoms with van der Waals surface area (Å²) in [6.07, 6.45) is 1.80.